The molecule has 0 spiro atoms. The predicted octanol–water partition coefficient (Wildman–Crippen LogP) is -0.755. The number of nitriles is 1. The summed E-state index contributed by atoms with van der Waals surface area (Å²) in [6, 6.07) is 3.38. The van der Waals surface area contributed by atoms with E-state index in [1.54, 1.807) is 0 Å². The van der Waals surface area contributed by atoms with Crippen LogP contribution in [-0.2, 0) is 4.79 Å². The third-order valence-electron chi connectivity index (χ3n) is 1.23. The minimum absolute atomic E-state index is 0.0242. The van der Waals surface area contributed by atoms with Crippen molar-refractivity contribution in [3.63, 3.8) is 0 Å². The van der Waals surface area contributed by atoms with E-state index in [4.69, 9.17) is 11.0 Å². The van der Waals surface area contributed by atoms with Crippen molar-refractivity contribution in [2.24, 2.45) is 5.73 Å². The highest BCUT2D eigenvalue weighted by Gasteiger charge is 1.98. The first-order valence-corrected chi connectivity index (χ1v) is 3.47. The molecule has 1 aromatic heterocycles. The number of aromatic nitrogens is 2. The number of primary amides is 1. The third kappa shape index (κ3) is 2.75. The van der Waals surface area contributed by atoms with Crippen molar-refractivity contribution in [3.8, 4) is 6.07 Å². The lowest BCUT2D eigenvalue weighted by Crippen LogP contribution is -2.22. The van der Waals surface area contributed by atoms with E-state index in [1.165, 1.54) is 12.3 Å². The topological polar surface area (TPSA) is 105 Å². The summed E-state index contributed by atoms with van der Waals surface area (Å²) in [6.45, 7) is -0.0242. The van der Waals surface area contributed by atoms with E-state index in [9.17, 15) is 4.79 Å². The smallest absolute Gasteiger partial charge is 0.236 e. The van der Waals surface area contributed by atoms with Gasteiger partial charge in [-0.05, 0) is 0 Å². The Hall–Kier alpha value is -2.16. The van der Waals surface area contributed by atoms with Crippen LogP contribution in [0.2, 0.25) is 0 Å². The van der Waals surface area contributed by atoms with Crippen LogP contribution >= 0.6 is 0 Å². The summed E-state index contributed by atoms with van der Waals surface area (Å²) in [4.78, 5) is 10.4. The fourth-order valence-electron chi connectivity index (χ4n) is 0.692. The molecule has 0 saturated carbocycles. The van der Waals surface area contributed by atoms with E-state index >= 15 is 0 Å². The minimum atomic E-state index is -0.496. The Morgan fingerprint density at radius 1 is 1.77 bits per heavy atom. The zero-order valence-electron chi connectivity index (χ0n) is 6.69. The number of nitrogens with two attached hydrogens (primary N) is 1. The summed E-state index contributed by atoms with van der Waals surface area (Å²) >= 11 is 0. The van der Waals surface area contributed by atoms with Crippen molar-refractivity contribution >= 4 is 11.7 Å². The molecule has 0 atom stereocenters. The zero-order chi connectivity index (χ0) is 9.68. The van der Waals surface area contributed by atoms with E-state index in [2.05, 4.69) is 15.5 Å². The van der Waals surface area contributed by atoms with Crippen molar-refractivity contribution in [3.05, 3.63) is 17.8 Å². The average Bonchev–Trinajstić information content (AvgIpc) is 2.15. The second-order valence-electron chi connectivity index (χ2n) is 2.26. The summed E-state index contributed by atoms with van der Waals surface area (Å²) in [6.07, 6.45) is 1.33. The molecule has 1 amide bonds. The van der Waals surface area contributed by atoms with Crippen molar-refractivity contribution in [2.45, 2.75) is 0 Å². The maximum absolute atomic E-state index is 10.4. The Morgan fingerprint density at radius 2 is 2.54 bits per heavy atom. The van der Waals surface area contributed by atoms with E-state index in [1.807, 2.05) is 6.07 Å². The molecule has 3 N–H and O–H groups in total. The summed E-state index contributed by atoms with van der Waals surface area (Å²) in [5.74, 6) is -0.137. The lowest BCUT2D eigenvalue weighted by molar-refractivity contribution is -0.116. The van der Waals surface area contributed by atoms with Crippen molar-refractivity contribution in [1.82, 2.24) is 10.2 Å². The first-order valence-electron chi connectivity index (χ1n) is 3.47. The molecule has 1 aromatic rings. The van der Waals surface area contributed by atoms with Crippen LogP contribution in [0.4, 0.5) is 5.82 Å². The fourth-order valence-corrected chi connectivity index (χ4v) is 0.692. The van der Waals surface area contributed by atoms with Crippen LogP contribution in [0.15, 0.2) is 12.3 Å². The largest absolute Gasteiger partial charge is 0.368 e. The van der Waals surface area contributed by atoms with Gasteiger partial charge in [0.2, 0.25) is 5.91 Å². The molecule has 1 heterocycles. The first kappa shape index (κ1) is 8.93. The van der Waals surface area contributed by atoms with Gasteiger partial charge < -0.3 is 11.1 Å². The van der Waals surface area contributed by atoms with E-state index in [-0.39, 0.29) is 6.54 Å². The van der Waals surface area contributed by atoms with Gasteiger partial charge in [0.25, 0.3) is 0 Å². The van der Waals surface area contributed by atoms with Crippen LogP contribution in [0.3, 0.4) is 0 Å². The number of hydrogen-bond acceptors (Lipinski definition) is 5. The van der Waals surface area contributed by atoms with Crippen molar-refractivity contribution in [1.29, 1.82) is 5.26 Å². The first-order chi connectivity index (χ1) is 6.22. The molecule has 0 bridgehead atoms. The lowest BCUT2D eigenvalue weighted by Gasteiger charge is -2.00. The molecule has 0 saturated heterocycles. The van der Waals surface area contributed by atoms with Gasteiger partial charge in [0.15, 0.2) is 0 Å². The van der Waals surface area contributed by atoms with Crippen molar-refractivity contribution in [2.75, 3.05) is 11.9 Å². The van der Waals surface area contributed by atoms with Crippen LogP contribution in [0.1, 0.15) is 5.56 Å². The number of anilines is 1. The SMILES string of the molecule is N#Cc1cnnc(NCC(N)=O)c1. The van der Waals surface area contributed by atoms with Crippen LogP contribution in [0.25, 0.3) is 0 Å². The molecule has 6 nitrogen and oxygen atoms in total. The van der Waals surface area contributed by atoms with Crippen LogP contribution in [-0.4, -0.2) is 22.6 Å². The number of hydrogen-bond donors (Lipinski definition) is 2. The van der Waals surface area contributed by atoms with Crippen LogP contribution in [0.5, 0.6) is 0 Å². The van der Waals surface area contributed by atoms with Gasteiger partial charge >= 0.3 is 0 Å². The van der Waals surface area contributed by atoms with Gasteiger partial charge in [0.05, 0.1) is 18.3 Å². The van der Waals surface area contributed by atoms with E-state index in [0.29, 0.717) is 11.4 Å². The maximum Gasteiger partial charge on any atom is 0.236 e. The van der Waals surface area contributed by atoms with Gasteiger partial charge in [-0.15, -0.1) is 5.10 Å². The minimum Gasteiger partial charge on any atom is -0.368 e. The van der Waals surface area contributed by atoms with Gasteiger partial charge in [-0.1, -0.05) is 0 Å². The van der Waals surface area contributed by atoms with Crippen molar-refractivity contribution < 1.29 is 4.79 Å². The molecule has 0 aromatic carbocycles. The molecule has 6 heteroatoms. The number of carbonyl (C=O) groups excluding carboxylic acids is 1. The highest BCUT2D eigenvalue weighted by molar-refractivity contribution is 5.78. The number of carbonyl (C=O) groups is 1. The molecule has 13 heavy (non-hydrogen) atoms. The summed E-state index contributed by atoms with van der Waals surface area (Å²) in [7, 11) is 0. The normalized spacial score (nSPS) is 8.85. The molecule has 0 aliphatic carbocycles. The third-order valence-corrected chi connectivity index (χ3v) is 1.23. The van der Waals surface area contributed by atoms with Gasteiger partial charge in [-0.2, -0.15) is 10.4 Å². The lowest BCUT2D eigenvalue weighted by atomic mass is 10.3. The summed E-state index contributed by atoms with van der Waals surface area (Å²) < 4.78 is 0. The molecular weight excluding hydrogens is 170 g/mol. The number of rotatable bonds is 3. The highest BCUT2D eigenvalue weighted by atomic mass is 16.1. The van der Waals surface area contributed by atoms with E-state index in [0.717, 1.165) is 0 Å². The van der Waals surface area contributed by atoms with Gasteiger partial charge in [-0.25, -0.2) is 0 Å². The van der Waals surface area contributed by atoms with Crippen LogP contribution in [0, 0.1) is 11.3 Å². The predicted molar refractivity (Wildman–Crippen MR) is 44.4 cm³/mol. The van der Waals surface area contributed by atoms with Gasteiger partial charge in [0, 0.05) is 6.07 Å². The Bertz CT molecular complexity index is 356. The van der Waals surface area contributed by atoms with Crippen LogP contribution < -0.4 is 11.1 Å². The maximum atomic E-state index is 10.4. The number of amides is 1. The quantitative estimate of drug-likeness (QED) is 0.631. The number of nitrogens with zero attached hydrogens (tertiary/aromatic N) is 3. The second kappa shape index (κ2) is 4.01. The van der Waals surface area contributed by atoms with E-state index < -0.39 is 5.91 Å². The molecule has 0 radical (unpaired) electrons. The Labute approximate surface area is 74.4 Å². The molecule has 1 rings (SSSR count). The van der Waals surface area contributed by atoms with Gasteiger partial charge in [0.1, 0.15) is 11.9 Å². The average molecular weight is 177 g/mol. The Morgan fingerprint density at radius 3 is 3.15 bits per heavy atom. The fraction of sp³-hybridized carbons (Fsp3) is 0.143. The molecule has 66 valence electrons. The standard InChI is InChI=1S/C7H7N5O/c8-2-5-1-7(12-11-3-5)10-4-6(9)13/h1,3H,4H2,(H2,9,13)(H,10,12). The molecule has 0 unspecified atom stereocenters. The summed E-state index contributed by atoms with van der Waals surface area (Å²) in [5, 5.41) is 18.3. The summed E-state index contributed by atoms with van der Waals surface area (Å²) in [5.41, 5.74) is 5.27. The molecule has 0 aliphatic rings. The monoisotopic (exact) mass is 177 g/mol. The molecule has 0 aliphatic heterocycles. The molecule has 0 fully saturated rings. The Balaban J connectivity index is 2.68. The van der Waals surface area contributed by atoms with Gasteiger partial charge in [-0.3, -0.25) is 4.79 Å². The Kier molecular flexibility index (Phi) is 2.76. The zero-order valence-corrected chi connectivity index (χ0v) is 6.69. The highest BCUT2D eigenvalue weighted by Crippen LogP contribution is 2.02. The second-order valence-corrected chi connectivity index (χ2v) is 2.26. The number of nitrogens with one attached hydrogen (secondary N) is 1. The molecular formula is C7H7N5O.